The van der Waals surface area contributed by atoms with Gasteiger partial charge >= 0.3 is 0 Å². The highest BCUT2D eigenvalue weighted by Crippen LogP contribution is 2.28. The van der Waals surface area contributed by atoms with Crippen molar-refractivity contribution in [3.63, 3.8) is 0 Å². The van der Waals surface area contributed by atoms with Crippen LogP contribution in [0.1, 0.15) is 43.5 Å². The Morgan fingerprint density at radius 1 is 1.35 bits per heavy atom. The van der Waals surface area contributed by atoms with Gasteiger partial charge in [-0.05, 0) is 30.5 Å². The number of benzene rings is 1. The first-order valence-electron chi connectivity index (χ1n) is 8.79. The van der Waals surface area contributed by atoms with Crippen molar-refractivity contribution in [3.05, 3.63) is 41.5 Å². The lowest BCUT2D eigenvalue weighted by Gasteiger charge is -2.20. The molecule has 1 aromatic carbocycles. The quantitative estimate of drug-likeness (QED) is 0.822. The molecular weight excluding hydrogens is 332 g/mol. The van der Waals surface area contributed by atoms with Gasteiger partial charge in [0.2, 0.25) is 17.7 Å². The molecule has 138 valence electrons. The molecule has 0 saturated carbocycles. The van der Waals surface area contributed by atoms with Crippen LogP contribution in [-0.4, -0.2) is 40.4 Å². The van der Waals surface area contributed by atoms with Crippen LogP contribution in [0.25, 0.3) is 0 Å². The van der Waals surface area contributed by atoms with E-state index in [0.29, 0.717) is 24.2 Å². The first-order chi connectivity index (χ1) is 12.3. The van der Waals surface area contributed by atoms with Gasteiger partial charge in [0.1, 0.15) is 0 Å². The van der Waals surface area contributed by atoms with Crippen LogP contribution in [0.15, 0.2) is 28.8 Å². The van der Waals surface area contributed by atoms with Crippen molar-refractivity contribution in [2.75, 3.05) is 18.5 Å². The number of aryl methyl sites for hydroxylation is 1. The van der Waals surface area contributed by atoms with E-state index < -0.39 is 0 Å². The summed E-state index contributed by atoms with van der Waals surface area (Å²) in [6.45, 7) is 6.63. The molecule has 0 aliphatic carbocycles. The van der Waals surface area contributed by atoms with Crippen molar-refractivity contribution >= 4 is 17.5 Å². The number of nitrogens with zero attached hydrogens (tertiary/aromatic N) is 4. The van der Waals surface area contributed by atoms with Gasteiger partial charge in [-0.2, -0.15) is 4.98 Å². The second-order valence-electron chi connectivity index (χ2n) is 7.08. The molecule has 2 heterocycles. The normalized spacial score (nSPS) is 17.2. The van der Waals surface area contributed by atoms with Crippen LogP contribution in [0.4, 0.5) is 5.69 Å². The fourth-order valence-electron chi connectivity index (χ4n) is 3.16. The summed E-state index contributed by atoms with van der Waals surface area (Å²) in [5.41, 5.74) is 2.06. The molecule has 1 saturated heterocycles. The Bertz CT molecular complexity index is 797. The standard InChI is InChI=1S/C19H24N4O3/c1-12(2)14-5-7-16(8-6-14)23-10-15(9-18(23)24)19(25)22(4)11-17-20-13(3)21-26-17/h5-8,12,15H,9-11H2,1-4H3/t15-/m0/s1. The lowest BCUT2D eigenvalue weighted by Crippen LogP contribution is -2.34. The summed E-state index contributed by atoms with van der Waals surface area (Å²) in [7, 11) is 1.69. The van der Waals surface area contributed by atoms with E-state index >= 15 is 0 Å². The van der Waals surface area contributed by atoms with Crippen LogP contribution in [-0.2, 0) is 16.1 Å². The predicted octanol–water partition coefficient (Wildman–Crippen LogP) is 2.51. The van der Waals surface area contributed by atoms with Gasteiger partial charge in [-0.1, -0.05) is 31.1 Å². The van der Waals surface area contributed by atoms with E-state index in [4.69, 9.17) is 4.52 Å². The molecule has 0 radical (unpaired) electrons. The number of anilines is 1. The third kappa shape index (κ3) is 3.76. The monoisotopic (exact) mass is 356 g/mol. The van der Waals surface area contributed by atoms with Crippen molar-refractivity contribution in [2.45, 2.75) is 39.7 Å². The summed E-state index contributed by atoms with van der Waals surface area (Å²) >= 11 is 0. The van der Waals surface area contributed by atoms with E-state index in [-0.39, 0.29) is 30.7 Å². The number of carbonyl (C=O) groups is 2. The molecule has 3 rings (SSSR count). The lowest BCUT2D eigenvalue weighted by molar-refractivity contribution is -0.135. The van der Waals surface area contributed by atoms with Crippen LogP contribution in [0.3, 0.4) is 0 Å². The minimum atomic E-state index is -0.360. The summed E-state index contributed by atoms with van der Waals surface area (Å²) in [6, 6.07) is 7.97. The van der Waals surface area contributed by atoms with Crippen molar-refractivity contribution in [1.82, 2.24) is 15.0 Å². The zero-order chi connectivity index (χ0) is 18.8. The molecular formula is C19H24N4O3. The van der Waals surface area contributed by atoms with Crippen molar-refractivity contribution in [2.24, 2.45) is 5.92 Å². The van der Waals surface area contributed by atoms with Gasteiger partial charge in [-0.15, -0.1) is 0 Å². The van der Waals surface area contributed by atoms with E-state index in [0.717, 1.165) is 5.69 Å². The lowest BCUT2D eigenvalue weighted by atomic mass is 10.0. The summed E-state index contributed by atoms with van der Waals surface area (Å²) in [5.74, 6) is 0.894. The molecule has 1 aromatic heterocycles. The number of aromatic nitrogens is 2. The van der Waals surface area contributed by atoms with Gasteiger partial charge in [0, 0.05) is 25.7 Å². The molecule has 1 aliphatic heterocycles. The number of hydrogen-bond acceptors (Lipinski definition) is 5. The zero-order valence-electron chi connectivity index (χ0n) is 15.6. The van der Waals surface area contributed by atoms with E-state index in [9.17, 15) is 9.59 Å². The van der Waals surface area contributed by atoms with E-state index in [1.807, 2.05) is 24.3 Å². The highest BCUT2D eigenvalue weighted by molar-refractivity contribution is 6.00. The maximum Gasteiger partial charge on any atom is 0.246 e. The van der Waals surface area contributed by atoms with Crippen LogP contribution in [0, 0.1) is 12.8 Å². The Kier molecular flexibility index (Phi) is 5.06. The Morgan fingerprint density at radius 2 is 2.04 bits per heavy atom. The third-order valence-electron chi connectivity index (χ3n) is 4.66. The smallest absolute Gasteiger partial charge is 0.246 e. The average molecular weight is 356 g/mol. The first kappa shape index (κ1) is 18.1. The second kappa shape index (κ2) is 7.27. The van der Waals surface area contributed by atoms with Crippen molar-refractivity contribution in [3.8, 4) is 0 Å². The number of carbonyl (C=O) groups excluding carboxylic acids is 2. The van der Waals surface area contributed by atoms with Gasteiger partial charge in [-0.3, -0.25) is 9.59 Å². The van der Waals surface area contributed by atoms with Crippen LogP contribution >= 0.6 is 0 Å². The molecule has 7 nitrogen and oxygen atoms in total. The predicted molar refractivity (Wildman–Crippen MR) is 96.5 cm³/mol. The van der Waals surface area contributed by atoms with Gasteiger partial charge in [0.25, 0.3) is 0 Å². The molecule has 26 heavy (non-hydrogen) atoms. The Morgan fingerprint density at radius 3 is 2.62 bits per heavy atom. The largest absolute Gasteiger partial charge is 0.337 e. The molecule has 2 amide bonds. The Hall–Kier alpha value is -2.70. The maximum atomic E-state index is 12.7. The molecule has 0 bridgehead atoms. The SMILES string of the molecule is Cc1noc(CN(C)C(=O)[C@H]2CC(=O)N(c3ccc(C(C)C)cc3)C2)n1. The minimum Gasteiger partial charge on any atom is -0.337 e. The number of amides is 2. The topological polar surface area (TPSA) is 79.5 Å². The van der Waals surface area contributed by atoms with Gasteiger partial charge in [0.15, 0.2) is 5.82 Å². The summed E-state index contributed by atoms with van der Waals surface area (Å²) in [4.78, 5) is 32.4. The van der Waals surface area contributed by atoms with E-state index in [1.165, 1.54) is 10.5 Å². The fourth-order valence-corrected chi connectivity index (χ4v) is 3.16. The van der Waals surface area contributed by atoms with Gasteiger partial charge < -0.3 is 14.3 Å². The molecule has 2 aromatic rings. The van der Waals surface area contributed by atoms with Crippen LogP contribution < -0.4 is 4.90 Å². The fraction of sp³-hybridized carbons (Fsp3) is 0.474. The van der Waals surface area contributed by atoms with Crippen LogP contribution in [0.5, 0.6) is 0 Å². The third-order valence-corrected chi connectivity index (χ3v) is 4.66. The van der Waals surface area contributed by atoms with Crippen LogP contribution in [0.2, 0.25) is 0 Å². The summed E-state index contributed by atoms with van der Waals surface area (Å²) in [6.07, 6.45) is 0.220. The Balaban J connectivity index is 1.65. The zero-order valence-corrected chi connectivity index (χ0v) is 15.6. The van der Waals surface area contributed by atoms with E-state index in [1.54, 1.807) is 18.9 Å². The van der Waals surface area contributed by atoms with Crippen molar-refractivity contribution < 1.29 is 14.1 Å². The number of rotatable bonds is 5. The molecule has 0 unspecified atom stereocenters. The maximum absolute atomic E-state index is 12.7. The molecule has 0 N–H and O–H groups in total. The summed E-state index contributed by atoms with van der Waals surface area (Å²) in [5, 5.41) is 3.72. The summed E-state index contributed by atoms with van der Waals surface area (Å²) < 4.78 is 5.06. The molecule has 0 spiro atoms. The van der Waals surface area contributed by atoms with Gasteiger partial charge in [0.05, 0.1) is 12.5 Å². The highest BCUT2D eigenvalue weighted by Gasteiger charge is 2.36. The molecule has 1 aliphatic rings. The second-order valence-corrected chi connectivity index (χ2v) is 7.08. The molecule has 1 fully saturated rings. The minimum absolute atomic E-state index is 0.0253. The number of hydrogen-bond donors (Lipinski definition) is 0. The average Bonchev–Trinajstić information content (AvgIpc) is 3.19. The van der Waals surface area contributed by atoms with Crippen molar-refractivity contribution in [1.29, 1.82) is 0 Å². The van der Waals surface area contributed by atoms with Gasteiger partial charge in [-0.25, -0.2) is 0 Å². The Labute approximate surface area is 153 Å². The molecule has 1 atom stereocenters. The highest BCUT2D eigenvalue weighted by atomic mass is 16.5. The molecule has 7 heteroatoms. The first-order valence-corrected chi connectivity index (χ1v) is 8.79. The van der Waals surface area contributed by atoms with E-state index in [2.05, 4.69) is 24.0 Å².